The highest BCUT2D eigenvalue weighted by Gasteiger charge is 2.28. The minimum Gasteiger partial charge on any atom is -0.482 e. The second-order valence-corrected chi connectivity index (χ2v) is 4.04. The van der Waals surface area contributed by atoms with Crippen LogP contribution >= 0.6 is 0 Å². The van der Waals surface area contributed by atoms with Gasteiger partial charge in [0.05, 0.1) is 5.69 Å². The lowest BCUT2D eigenvalue weighted by molar-refractivity contribution is -0.153. The van der Waals surface area contributed by atoms with E-state index in [0.29, 0.717) is 0 Å². The van der Waals surface area contributed by atoms with Gasteiger partial charge in [0.25, 0.3) is 0 Å². The van der Waals surface area contributed by atoms with Gasteiger partial charge in [-0.05, 0) is 12.1 Å². The minimum atomic E-state index is -4.41. The number of carbonyl (C=O) groups is 1. The lowest BCUT2D eigenvalue weighted by atomic mass is 10.2. The topological polar surface area (TPSA) is 38.3 Å². The zero-order valence-corrected chi connectivity index (χ0v) is 10.0. The summed E-state index contributed by atoms with van der Waals surface area (Å²) in [7, 11) is 0. The molecule has 0 saturated carbocycles. The minimum absolute atomic E-state index is 0.00354. The Balaban J connectivity index is 2.77. The Hall–Kier alpha value is -1.72. The average molecular weight is 261 g/mol. The molecule has 0 fully saturated rings. The van der Waals surface area contributed by atoms with Crippen molar-refractivity contribution >= 4 is 11.6 Å². The highest BCUT2D eigenvalue weighted by molar-refractivity contribution is 5.93. The molecular weight excluding hydrogens is 247 g/mol. The molecule has 0 saturated heterocycles. The number of ether oxygens (including phenoxy) is 1. The molecule has 0 atom stereocenters. The van der Waals surface area contributed by atoms with Crippen LogP contribution in [0.5, 0.6) is 5.75 Å². The summed E-state index contributed by atoms with van der Waals surface area (Å²) >= 11 is 0. The molecule has 1 amide bonds. The van der Waals surface area contributed by atoms with Crippen LogP contribution in [0.15, 0.2) is 24.3 Å². The van der Waals surface area contributed by atoms with Crippen LogP contribution in [-0.4, -0.2) is 18.7 Å². The van der Waals surface area contributed by atoms with E-state index >= 15 is 0 Å². The van der Waals surface area contributed by atoms with Crippen LogP contribution in [0.2, 0.25) is 0 Å². The molecule has 0 bridgehead atoms. The number of hydrogen-bond acceptors (Lipinski definition) is 2. The Bertz CT molecular complexity index is 416. The fourth-order valence-electron chi connectivity index (χ4n) is 1.13. The molecule has 1 aromatic rings. The number of amides is 1. The van der Waals surface area contributed by atoms with Gasteiger partial charge in [0.2, 0.25) is 5.91 Å². The van der Waals surface area contributed by atoms with Gasteiger partial charge in [-0.2, -0.15) is 13.2 Å². The first-order chi connectivity index (χ1) is 8.29. The summed E-state index contributed by atoms with van der Waals surface area (Å²) in [5.41, 5.74) is 0.237. The average Bonchev–Trinajstić information content (AvgIpc) is 2.26. The largest absolute Gasteiger partial charge is 0.482 e. The molecule has 0 aliphatic carbocycles. The maximum Gasteiger partial charge on any atom is 0.422 e. The number of rotatable bonds is 4. The van der Waals surface area contributed by atoms with E-state index in [4.69, 9.17) is 0 Å². The van der Waals surface area contributed by atoms with E-state index in [2.05, 4.69) is 10.1 Å². The molecule has 1 rings (SSSR count). The molecule has 1 aromatic carbocycles. The molecule has 6 heteroatoms. The lowest BCUT2D eigenvalue weighted by Crippen LogP contribution is -2.21. The summed E-state index contributed by atoms with van der Waals surface area (Å²) in [5, 5.41) is 2.51. The van der Waals surface area contributed by atoms with E-state index in [1.54, 1.807) is 19.9 Å². The summed E-state index contributed by atoms with van der Waals surface area (Å²) in [6.07, 6.45) is -4.41. The molecule has 0 radical (unpaired) electrons. The van der Waals surface area contributed by atoms with Crippen molar-refractivity contribution in [2.45, 2.75) is 20.0 Å². The molecule has 0 aliphatic rings. The number of hydrogen-bond donors (Lipinski definition) is 1. The normalized spacial score (nSPS) is 11.4. The van der Waals surface area contributed by atoms with Crippen molar-refractivity contribution in [1.29, 1.82) is 0 Å². The third kappa shape index (κ3) is 4.65. The predicted octanol–water partition coefficient (Wildman–Crippen LogP) is 3.22. The van der Waals surface area contributed by atoms with Crippen molar-refractivity contribution in [2.75, 3.05) is 11.9 Å². The van der Waals surface area contributed by atoms with Gasteiger partial charge in [0.15, 0.2) is 6.61 Å². The monoisotopic (exact) mass is 261 g/mol. The van der Waals surface area contributed by atoms with Crippen LogP contribution in [0.1, 0.15) is 13.8 Å². The van der Waals surface area contributed by atoms with E-state index in [1.165, 1.54) is 18.2 Å². The number of alkyl halides is 3. The van der Waals surface area contributed by atoms with E-state index in [0.717, 1.165) is 0 Å². The van der Waals surface area contributed by atoms with Crippen LogP contribution < -0.4 is 10.1 Å². The Labute approximate surface area is 103 Å². The van der Waals surface area contributed by atoms with Crippen LogP contribution in [0.4, 0.5) is 18.9 Å². The summed E-state index contributed by atoms with van der Waals surface area (Å²) in [6, 6.07) is 6.01. The maximum atomic E-state index is 12.1. The van der Waals surface area contributed by atoms with Crippen molar-refractivity contribution < 1.29 is 22.7 Å². The Morgan fingerprint density at radius 2 is 1.94 bits per heavy atom. The van der Waals surface area contributed by atoms with Crippen molar-refractivity contribution in [3.05, 3.63) is 24.3 Å². The zero-order valence-electron chi connectivity index (χ0n) is 10.0. The smallest absolute Gasteiger partial charge is 0.422 e. The van der Waals surface area contributed by atoms with E-state index < -0.39 is 12.8 Å². The number of carbonyl (C=O) groups excluding carboxylic acids is 1. The molecule has 1 N–H and O–H groups in total. The Morgan fingerprint density at radius 3 is 2.50 bits per heavy atom. The summed E-state index contributed by atoms with van der Waals surface area (Å²) in [5.74, 6) is -0.539. The zero-order chi connectivity index (χ0) is 13.8. The molecule has 0 aromatic heterocycles. The van der Waals surface area contributed by atoms with Crippen LogP contribution in [0, 0.1) is 5.92 Å². The van der Waals surface area contributed by atoms with Gasteiger partial charge in [-0.25, -0.2) is 0 Å². The SMILES string of the molecule is CC(C)C(=O)Nc1ccccc1OCC(F)(F)F. The molecular formula is C12H14F3NO2. The second kappa shape index (κ2) is 5.75. The standard InChI is InChI=1S/C12H14F3NO2/c1-8(2)11(17)16-9-5-3-4-6-10(9)18-7-12(13,14)15/h3-6,8H,7H2,1-2H3,(H,16,17). The first-order valence-corrected chi connectivity index (χ1v) is 5.39. The van der Waals surface area contributed by atoms with Gasteiger partial charge in [0.1, 0.15) is 5.75 Å². The van der Waals surface area contributed by atoms with Crippen LogP contribution in [0.3, 0.4) is 0 Å². The highest BCUT2D eigenvalue weighted by Crippen LogP contribution is 2.26. The van der Waals surface area contributed by atoms with Crippen molar-refractivity contribution in [3.8, 4) is 5.75 Å². The fourth-order valence-corrected chi connectivity index (χ4v) is 1.13. The van der Waals surface area contributed by atoms with Crippen molar-refractivity contribution in [2.24, 2.45) is 5.92 Å². The van der Waals surface area contributed by atoms with Crippen LogP contribution in [0.25, 0.3) is 0 Å². The van der Waals surface area contributed by atoms with Gasteiger partial charge in [-0.1, -0.05) is 26.0 Å². The second-order valence-electron chi connectivity index (χ2n) is 4.04. The van der Waals surface area contributed by atoms with Crippen molar-refractivity contribution in [3.63, 3.8) is 0 Å². The molecule has 0 spiro atoms. The van der Waals surface area contributed by atoms with Gasteiger partial charge >= 0.3 is 6.18 Å². The van der Waals surface area contributed by atoms with Crippen molar-refractivity contribution in [1.82, 2.24) is 0 Å². The Kier molecular flexibility index (Phi) is 4.58. The molecule has 100 valence electrons. The first kappa shape index (κ1) is 14.3. The Morgan fingerprint density at radius 1 is 1.33 bits per heavy atom. The summed E-state index contributed by atoms with van der Waals surface area (Å²) in [4.78, 5) is 11.5. The third-order valence-corrected chi connectivity index (χ3v) is 2.06. The number of anilines is 1. The quantitative estimate of drug-likeness (QED) is 0.903. The molecule has 0 heterocycles. The number of nitrogens with one attached hydrogen (secondary N) is 1. The fraction of sp³-hybridized carbons (Fsp3) is 0.417. The lowest BCUT2D eigenvalue weighted by Gasteiger charge is -2.14. The number of halogens is 3. The third-order valence-electron chi connectivity index (χ3n) is 2.06. The highest BCUT2D eigenvalue weighted by atomic mass is 19.4. The summed E-state index contributed by atoms with van der Waals surface area (Å²) in [6.45, 7) is 1.99. The number of para-hydroxylation sites is 2. The first-order valence-electron chi connectivity index (χ1n) is 5.39. The maximum absolute atomic E-state index is 12.1. The molecule has 0 aliphatic heterocycles. The van der Waals surface area contributed by atoms with E-state index in [9.17, 15) is 18.0 Å². The molecule has 3 nitrogen and oxygen atoms in total. The van der Waals surface area contributed by atoms with Gasteiger partial charge in [-0.3, -0.25) is 4.79 Å². The van der Waals surface area contributed by atoms with E-state index in [1.807, 2.05) is 0 Å². The predicted molar refractivity (Wildman–Crippen MR) is 61.5 cm³/mol. The number of benzene rings is 1. The van der Waals surface area contributed by atoms with Gasteiger partial charge in [0, 0.05) is 5.92 Å². The van der Waals surface area contributed by atoms with Crippen LogP contribution in [-0.2, 0) is 4.79 Å². The summed E-state index contributed by atoms with van der Waals surface area (Å²) < 4.78 is 40.8. The molecule has 18 heavy (non-hydrogen) atoms. The molecule has 0 unspecified atom stereocenters. The van der Waals surface area contributed by atoms with Gasteiger partial charge < -0.3 is 10.1 Å². The van der Waals surface area contributed by atoms with E-state index in [-0.39, 0.29) is 23.3 Å². The van der Waals surface area contributed by atoms with Gasteiger partial charge in [-0.15, -0.1) is 0 Å².